The number of rotatable bonds is 7. The van der Waals surface area contributed by atoms with Gasteiger partial charge < -0.3 is 15.1 Å². The molecular weight excluding hydrogens is 361 g/mol. The molecule has 1 N–H and O–H groups in total. The van der Waals surface area contributed by atoms with Crippen molar-refractivity contribution >= 4 is 27.2 Å². The highest BCUT2D eigenvalue weighted by Gasteiger charge is 2.33. The molecule has 1 aliphatic heterocycles. The molecule has 0 saturated carbocycles. The summed E-state index contributed by atoms with van der Waals surface area (Å²) in [5, 5.41) is 3.75. The molecule has 1 aromatic rings. The van der Waals surface area contributed by atoms with Crippen LogP contribution in [0.25, 0.3) is 0 Å². The van der Waals surface area contributed by atoms with Crippen molar-refractivity contribution < 1.29 is 12.8 Å². The standard InChI is InChI=1S/C17H26FN3O2S2/c1-20(2)9-3-10-21(16-8-11-25(22,23)13-16)17(24)19-12-14-4-6-15(18)7-5-14/h4-7,16H,3,8-13H2,1-2H3,(H,19,24)/t16-/m1/s1. The van der Waals surface area contributed by atoms with E-state index in [-0.39, 0.29) is 23.4 Å². The van der Waals surface area contributed by atoms with E-state index in [0.29, 0.717) is 24.6 Å². The summed E-state index contributed by atoms with van der Waals surface area (Å²) in [6.07, 6.45) is 1.52. The van der Waals surface area contributed by atoms with Gasteiger partial charge in [0.05, 0.1) is 11.5 Å². The number of hydrogen-bond donors (Lipinski definition) is 1. The lowest BCUT2D eigenvalue weighted by Crippen LogP contribution is -2.47. The van der Waals surface area contributed by atoms with Gasteiger partial charge in [-0.15, -0.1) is 0 Å². The van der Waals surface area contributed by atoms with Crippen LogP contribution in [-0.2, 0) is 16.4 Å². The van der Waals surface area contributed by atoms with Crippen LogP contribution in [-0.4, -0.2) is 68.1 Å². The minimum absolute atomic E-state index is 0.0691. The number of nitrogens with zero attached hydrogens (tertiary/aromatic N) is 2. The number of nitrogens with one attached hydrogen (secondary N) is 1. The van der Waals surface area contributed by atoms with E-state index in [2.05, 4.69) is 10.2 Å². The molecule has 0 spiro atoms. The Kier molecular flexibility index (Phi) is 7.15. The average Bonchev–Trinajstić information content (AvgIpc) is 2.90. The molecule has 25 heavy (non-hydrogen) atoms. The molecule has 0 radical (unpaired) electrons. The third-order valence-electron chi connectivity index (χ3n) is 4.27. The molecule has 1 aliphatic rings. The Morgan fingerprint density at radius 2 is 1.96 bits per heavy atom. The van der Waals surface area contributed by atoms with Crippen molar-refractivity contribution in [1.82, 2.24) is 15.1 Å². The van der Waals surface area contributed by atoms with Gasteiger partial charge in [0.25, 0.3) is 0 Å². The third-order valence-corrected chi connectivity index (χ3v) is 6.40. The Balaban J connectivity index is 1.97. The van der Waals surface area contributed by atoms with Gasteiger partial charge in [0.2, 0.25) is 0 Å². The summed E-state index contributed by atoms with van der Waals surface area (Å²) in [6.45, 7) is 2.12. The Hall–Kier alpha value is -1.25. The second-order valence-electron chi connectivity index (χ2n) is 6.69. The van der Waals surface area contributed by atoms with E-state index in [1.807, 2.05) is 19.0 Å². The highest BCUT2D eigenvalue weighted by atomic mass is 32.2. The molecule has 0 amide bonds. The molecule has 1 aromatic carbocycles. The van der Waals surface area contributed by atoms with Crippen LogP contribution in [0.1, 0.15) is 18.4 Å². The van der Waals surface area contributed by atoms with E-state index in [9.17, 15) is 12.8 Å². The Labute approximate surface area is 155 Å². The van der Waals surface area contributed by atoms with Gasteiger partial charge in [-0.1, -0.05) is 12.1 Å². The van der Waals surface area contributed by atoms with E-state index in [4.69, 9.17) is 12.2 Å². The van der Waals surface area contributed by atoms with Crippen molar-refractivity contribution in [2.45, 2.75) is 25.4 Å². The summed E-state index contributed by atoms with van der Waals surface area (Å²) in [4.78, 5) is 4.10. The van der Waals surface area contributed by atoms with Crippen LogP contribution in [0.3, 0.4) is 0 Å². The average molecular weight is 388 g/mol. The molecule has 0 aliphatic carbocycles. The van der Waals surface area contributed by atoms with Crippen LogP contribution < -0.4 is 5.32 Å². The van der Waals surface area contributed by atoms with Gasteiger partial charge in [-0.05, 0) is 63.4 Å². The first-order chi connectivity index (χ1) is 11.8. The highest BCUT2D eigenvalue weighted by Crippen LogP contribution is 2.18. The maximum absolute atomic E-state index is 13.0. The Morgan fingerprint density at radius 1 is 1.28 bits per heavy atom. The lowest BCUT2D eigenvalue weighted by molar-refractivity contribution is 0.300. The Bertz CT molecular complexity index is 678. The van der Waals surface area contributed by atoms with Crippen LogP contribution in [0, 0.1) is 5.82 Å². The molecule has 8 heteroatoms. The van der Waals surface area contributed by atoms with Crippen molar-refractivity contribution in [1.29, 1.82) is 0 Å². The minimum atomic E-state index is -2.97. The van der Waals surface area contributed by atoms with E-state index in [1.165, 1.54) is 12.1 Å². The van der Waals surface area contributed by atoms with Gasteiger partial charge in [-0.3, -0.25) is 0 Å². The SMILES string of the molecule is CN(C)CCCN(C(=S)NCc1ccc(F)cc1)[C@@H]1CCS(=O)(=O)C1. The van der Waals surface area contributed by atoms with Gasteiger partial charge >= 0.3 is 0 Å². The van der Waals surface area contributed by atoms with Crippen LogP contribution in [0.4, 0.5) is 4.39 Å². The zero-order valence-corrected chi connectivity index (χ0v) is 16.4. The maximum atomic E-state index is 13.0. The summed E-state index contributed by atoms with van der Waals surface area (Å²) in [5.41, 5.74) is 0.927. The number of halogens is 1. The molecular formula is C17H26FN3O2S2. The van der Waals surface area contributed by atoms with Crippen LogP contribution in [0.5, 0.6) is 0 Å². The van der Waals surface area contributed by atoms with Gasteiger partial charge in [0.1, 0.15) is 5.82 Å². The van der Waals surface area contributed by atoms with Crippen molar-refractivity contribution in [2.75, 3.05) is 38.7 Å². The first kappa shape index (κ1) is 20.1. The quantitative estimate of drug-likeness (QED) is 0.718. The minimum Gasteiger partial charge on any atom is -0.358 e. The number of sulfone groups is 1. The monoisotopic (exact) mass is 387 g/mol. The van der Waals surface area contributed by atoms with Crippen molar-refractivity contribution in [2.24, 2.45) is 0 Å². The largest absolute Gasteiger partial charge is 0.358 e. The first-order valence-electron chi connectivity index (χ1n) is 8.41. The normalized spacial score (nSPS) is 19.1. The van der Waals surface area contributed by atoms with E-state index < -0.39 is 9.84 Å². The van der Waals surface area contributed by atoms with Crippen LogP contribution in [0.2, 0.25) is 0 Å². The predicted octanol–water partition coefficient (Wildman–Crippen LogP) is 1.64. The highest BCUT2D eigenvalue weighted by molar-refractivity contribution is 7.91. The predicted molar refractivity (Wildman–Crippen MR) is 103 cm³/mol. The molecule has 0 bridgehead atoms. The second kappa shape index (κ2) is 8.91. The van der Waals surface area contributed by atoms with Crippen LogP contribution >= 0.6 is 12.2 Å². The summed E-state index contributed by atoms with van der Waals surface area (Å²) in [5.74, 6) is 0.114. The molecule has 140 valence electrons. The van der Waals surface area contributed by atoms with Gasteiger partial charge in [0, 0.05) is 19.1 Å². The molecule has 0 unspecified atom stereocenters. The lowest BCUT2D eigenvalue weighted by atomic mass is 10.2. The fourth-order valence-electron chi connectivity index (χ4n) is 2.91. The summed E-state index contributed by atoms with van der Waals surface area (Å²) >= 11 is 5.52. The first-order valence-corrected chi connectivity index (χ1v) is 10.6. The molecule has 1 atom stereocenters. The van der Waals surface area contributed by atoms with Gasteiger partial charge in [-0.2, -0.15) is 0 Å². The van der Waals surface area contributed by atoms with Gasteiger partial charge in [0.15, 0.2) is 14.9 Å². The molecule has 1 fully saturated rings. The number of hydrogen-bond acceptors (Lipinski definition) is 4. The van der Waals surface area contributed by atoms with Crippen molar-refractivity contribution in [3.8, 4) is 0 Å². The maximum Gasteiger partial charge on any atom is 0.169 e. The van der Waals surface area contributed by atoms with Crippen LogP contribution in [0.15, 0.2) is 24.3 Å². The topological polar surface area (TPSA) is 52.6 Å². The zero-order chi connectivity index (χ0) is 18.4. The molecule has 0 aromatic heterocycles. The summed E-state index contributed by atoms with van der Waals surface area (Å²) < 4.78 is 36.6. The van der Waals surface area contributed by atoms with Crippen molar-refractivity contribution in [3.05, 3.63) is 35.6 Å². The third kappa shape index (κ3) is 6.52. The fraction of sp³-hybridized carbons (Fsp3) is 0.588. The van der Waals surface area contributed by atoms with Gasteiger partial charge in [-0.25, -0.2) is 12.8 Å². The fourth-order valence-corrected chi connectivity index (χ4v) is 4.95. The lowest BCUT2D eigenvalue weighted by Gasteiger charge is -2.31. The summed E-state index contributed by atoms with van der Waals surface area (Å²) in [7, 11) is 1.05. The number of thiocarbonyl (C=S) groups is 1. The molecule has 1 heterocycles. The number of benzene rings is 1. The van der Waals surface area contributed by atoms with E-state index >= 15 is 0 Å². The zero-order valence-electron chi connectivity index (χ0n) is 14.7. The second-order valence-corrected chi connectivity index (χ2v) is 9.31. The molecule has 5 nitrogen and oxygen atoms in total. The molecule has 1 saturated heterocycles. The Morgan fingerprint density at radius 3 is 2.52 bits per heavy atom. The van der Waals surface area contributed by atoms with E-state index in [1.54, 1.807) is 12.1 Å². The van der Waals surface area contributed by atoms with Crippen molar-refractivity contribution in [3.63, 3.8) is 0 Å². The molecule has 2 rings (SSSR count). The van der Waals surface area contributed by atoms with E-state index in [0.717, 1.165) is 18.5 Å². The summed E-state index contributed by atoms with van der Waals surface area (Å²) in [6, 6.07) is 6.18. The smallest absolute Gasteiger partial charge is 0.169 e.